The van der Waals surface area contributed by atoms with Crippen LogP contribution in [0, 0.1) is 0 Å². The van der Waals surface area contributed by atoms with E-state index in [1.54, 1.807) is 23.1 Å². The SMILES string of the molecule is CN(C)CC1COCCN1C(=O)c1cc(CN=[N+]=[N-])cc(N=[N+]=[N-])c1. The molecular formula is C15H20N8O2. The van der Waals surface area contributed by atoms with Crippen LogP contribution in [0.15, 0.2) is 28.4 Å². The first-order valence-corrected chi connectivity index (χ1v) is 7.78. The highest BCUT2D eigenvalue weighted by Gasteiger charge is 2.28. The van der Waals surface area contributed by atoms with Crippen LogP contribution in [-0.4, -0.2) is 62.1 Å². The highest BCUT2D eigenvalue weighted by atomic mass is 16.5. The van der Waals surface area contributed by atoms with Gasteiger partial charge in [0.25, 0.3) is 5.91 Å². The summed E-state index contributed by atoms with van der Waals surface area (Å²) >= 11 is 0. The Hall–Kier alpha value is -2.77. The minimum atomic E-state index is -0.160. The molecule has 1 heterocycles. The second kappa shape index (κ2) is 8.91. The van der Waals surface area contributed by atoms with Crippen LogP contribution < -0.4 is 0 Å². The van der Waals surface area contributed by atoms with E-state index in [2.05, 4.69) is 20.1 Å². The molecule has 10 nitrogen and oxygen atoms in total. The molecule has 0 aromatic heterocycles. The van der Waals surface area contributed by atoms with Crippen molar-refractivity contribution in [2.45, 2.75) is 12.6 Å². The van der Waals surface area contributed by atoms with Gasteiger partial charge in [-0.1, -0.05) is 10.2 Å². The smallest absolute Gasteiger partial charge is 0.254 e. The fraction of sp³-hybridized carbons (Fsp3) is 0.533. The third-order valence-electron chi connectivity index (χ3n) is 3.77. The highest BCUT2D eigenvalue weighted by Crippen LogP contribution is 2.22. The Bertz CT molecular complexity index is 722. The number of hydrogen-bond acceptors (Lipinski definition) is 5. The van der Waals surface area contributed by atoms with E-state index in [9.17, 15) is 4.79 Å². The van der Waals surface area contributed by atoms with Crippen molar-refractivity contribution in [1.29, 1.82) is 0 Å². The van der Waals surface area contributed by atoms with Crippen LogP contribution >= 0.6 is 0 Å². The summed E-state index contributed by atoms with van der Waals surface area (Å²) < 4.78 is 5.50. The van der Waals surface area contributed by atoms with Gasteiger partial charge < -0.3 is 14.5 Å². The Morgan fingerprint density at radius 1 is 1.36 bits per heavy atom. The van der Waals surface area contributed by atoms with Gasteiger partial charge in [-0.25, -0.2) is 0 Å². The first-order valence-electron chi connectivity index (χ1n) is 7.78. The number of nitrogens with zero attached hydrogens (tertiary/aromatic N) is 8. The van der Waals surface area contributed by atoms with Crippen molar-refractivity contribution < 1.29 is 9.53 Å². The number of ether oxygens (including phenoxy) is 1. The fourth-order valence-corrected chi connectivity index (χ4v) is 2.77. The Morgan fingerprint density at radius 3 is 2.84 bits per heavy atom. The molecule has 132 valence electrons. The maximum absolute atomic E-state index is 13.0. The van der Waals surface area contributed by atoms with E-state index in [0.717, 1.165) is 0 Å². The standard InChI is InChI=1S/C15H20N8O2/c1-22(2)9-14-10-25-4-3-23(14)15(24)12-5-11(8-18-20-16)6-13(7-12)19-21-17/h5-7,14H,3-4,8-10H2,1-2H3. The van der Waals surface area contributed by atoms with Crippen LogP contribution in [0.1, 0.15) is 15.9 Å². The first kappa shape index (κ1) is 18.6. The molecule has 1 unspecified atom stereocenters. The molecule has 1 amide bonds. The van der Waals surface area contributed by atoms with E-state index >= 15 is 0 Å². The van der Waals surface area contributed by atoms with Crippen LogP contribution in [0.5, 0.6) is 0 Å². The van der Waals surface area contributed by atoms with Crippen molar-refractivity contribution in [3.05, 3.63) is 50.2 Å². The number of amides is 1. The molecule has 2 rings (SSSR count). The third kappa shape index (κ3) is 5.10. The number of rotatable bonds is 6. The minimum absolute atomic E-state index is 0.0556. The molecule has 0 N–H and O–H groups in total. The zero-order valence-corrected chi connectivity index (χ0v) is 14.2. The van der Waals surface area contributed by atoms with E-state index in [-0.39, 0.29) is 18.5 Å². The lowest BCUT2D eigenvalue weighted by atomic mass is 10.1. The van der Waals surface area contributed by atoms with E-state index in [4.69, 9.17) is 15.8 Å². The molecule has 1 aromatic rings. The number of likely N-dealkylation sites (N-methyl/N-ethyl adjacent to an activating group) is 1. The van der Waals surface area contributed by atoms with Gasteiger partial charge in [0.05, 0.1) is 25.8 Å². The summed E-state index contributed by atoms with van der Waals surface area (Å²) in [6, 6.07) is 4.75. The van der Waals surface area contributed by atoms with Crippen molar-refractivity contribution >= 4 is 11.6 Å². The van der Waals surface area contributed by atoms with Crippen molar-refractivity contribution in [3.8, 4) is 0 Å². The van der Waals surface area contributed by atoms with Gasteiger partial charge in [-0.15, -0.1) is 0 Å². The topological polar surface area (TPSA) is 130 Å². The molecule has 0 saturated carbocycles. The van der Waals surface area contributed by atoms with Gasteiger partial charge in [0.2, 0.25) is 0 Å². The molecule has 1 saturated heterocycles. The Balaban J connectivity index is 2.33. The average molecular weight is 344 g/mol. The molecule has 0 spiro atoms. The third-order valence-corrected chi connectivity index (χ3v) is 3.77. The summed E-state index contributed by atoms with van der Waals surface area (Å²) in [5.74, 6) is -0.160. The number of azide groups is 2. The number of hydrogen-bond donors (Lipinski definition) is 0. The summed E-state index contributed by atoms with van der Waals surface area (Å²) in [5.41, 5.74) is 18.5. The molecule has 1 fully saturated rings. The van der Waals surface area contributed by atoms with Crippen LogP contribution in [0.25, 0.3) is 20.9 Å². The molecule has 1 atom stereocenters. The van der Waals surface area contributed by atoms with Crippen molar-refractivity contribution in [3.63, 3.8) is 0 Å². The van der Waals surface area contributed by atoms with Gasteiger partial charge in [0.1, 0.15) is 0 Å². The normalized spacial score (nSPS) is 16.9. The van der Waals surface area contributed by atoms with Crippen LogP contribution in [0.2, 0.25) is 0 Å². The summed E-state index contributed by atoms with van der Waals surface area (Å²) in [6.07, 6.45) is 0. The summed E-state index contributed by atoms with van der Waals surface area (Å²) in [4.78, 5) is 22.2. The van der Waals surface area contributed by atoms with Gasteiger partial charge in [-0.05, 0) is 48.9 Å². The molecule has 1 aliphatic rings. The highest BCUT2D eigenvalue weighted by molar-refractivity contribution is 5.95. The second-order valence-electron chi connectivity index (χ2n) is 5.96. The molecule has 25 heavy (non-hydrogen) atoms. The van der Waals surface area contributed by atoms with Gasteiger partial charge in [-0.3, -0.25) is 4.79 Å². The molecule has 10 heteroatoms. The largest absolute Gasteiger partial charge is 0.377 e. The molecule has 0 aliphatic carbocycles. The van der Waals surface area contributed by atoms with E-state index in [1.165, 1.54) is 0 Å². The Labute approximate surface area is 145 Å². The lowest BCUT2D eigenvalue weighted by molar-refractivity contribution is -0.00830. The zero-order valence-electron chi connectivity index (χ0n) is 14.2. The van der Waals surface area contributed by atoms with Crippen LogP contribution in [0.4, 0.5) is 5.69 Å². The summed E-state index contributed by atoms with van der Waals surface area (Å²) in [5, 5.41) is 7.08. The molecule has 1 aliphatic heterocycles. The number of carbonyl (C=O) groups excluding carboxylic acids is 1. The number of carbonyl (C=O) groups is 1. The monoisotopic (exact) mass is 344 g/mol. The quantitative estimate of drug-likeness (QED) is 0.446. The van der Waals surface area contributed by atoms with Gasteiger partial charge in [-0.2, -0.15) is 0 Å². The van der Waals surface area contributed by atoms with Crippen LogP contribution in [0.3, 0.4) is 0 Å². The Morgan fingerprint density at radius 2 is 2.16 bits per heavy atom. The van der Waals surface area contributed by atoms with E-state index in [1.807, 2.05) is 19.0 Å². The predicted octanol–water partition coefficient (Wildman–Crippen LogP) is 2.84. The second-order valence-corrected chi connectivity index (χ2v) is 5.96. The number of benzene rings is 1. The van der Waals surface area contributed by atoms with Gasteiger partial charge >= 0.3 is 0 Å². The van der Waals surface area contributed by atoms with Crippen LogP contribution in [-0.2, 0) is 11.3 Å². The Kier molecular flexibility index (Phi) is 6.62. The predicted molar refractivity (Wildman–Crippen MR) is 92.3 cm³/mol. The molecule has 1 aromatic carbocycles. The molecular weight excluding hydrogens is 324 g/mol. The lowest BCUT2D eigenvalue weighted by Gasteiger charge is -2.37. The first-order chi connectivity index (χ1) is 12.0. The van der Waals surface area contributed by atoms with Crippen molar-refractivity contribution in [1.82, 2.24) is 9.80 Å². The number of morpholine rings is 1. The van der Waals surface area contributed by atoms with Crippen molar-refractivity contribution in [2.75, 3.05) is 40.4 Å². The van der Waals surface area contributed by atoms with Gasteiger partial charge in [0, 0.05) is 34.2 Å². The maximum atomic E-state index is 13.0. The zero-order chi connectivity index (χ0) is 18.2. The minimum Gasteiger partial charge on any atom is -0.377 e. The van der Waals surface area contributed by atoms with Gasteiger partial charge in [0.15, 0.2) is 0 Å². The fourth-order valence-electron chi connectivity index (χ4n) is 2.77. The molecule has 0 radical (unpaired) electrons. The summed E-state index contributed by atoms with van der Waals surface area (Å²) in [7, 11) is 3.88. The van der Waals surface area contributed by atoms with E-state index < -0.39 is 0 Å². The lowest BCUT2D eigenvalue weighted by Crippen LogP contribution is -2.52. The molecule has 0 bridgehead atoms. The van der Waals surface area contributed by atoms with Crippen molar-refractivity contribution in [2.24, 2.45) is 10.2 Å². The average Bonchev–Trinajstić information content (AvgIpc) is 2.59. The van der Waals surface area contributed by atoms with E-state index in [0.29, 0.717) is 43.1 Å². The summed E-state index contributed by atoms with van der Waals surface area (Å²) in [6.45, 7) is 2.22. The maximum Gasteiger partial charge on any atom is 0.254 e.